The average molecular weight is 249 g/mol. The summed E-state index contributed by atoms with van der Waals surface area (Å²) in [5.41, 5.74) is 2.18. The summed E-state index contributed by atoms with van der Waals surface area (Å²) in [6, 6.07) is 3.87. The van der Waals surface area contributed by atoms with Crippen LogP contribution in [0.4, 0.5) is 0 Å². The Morgan fingerprint density at radius 1 is 1.41 bits per heavy atom. The first-order chi connectivity index (χ1) is 8.34. The molecular formula is C12H15N3OS. The molecule has 0 aliphatic rings. The molecule has 17 heavy (non-hydrogen) atoms. The molecule has 2 heterocycles. The van der Waals surface area contributed by atoms with Crippen LogP contribution in [0, 0.1) is 6.92 Å². The van der Waals surface area contributed by atoms with Crippen molar-refractivity contribution in [3.8, 4) is 0 Å². The summed E-state index contributed by atoms with van der Waals surface area (Å²) < 4.78 is 4.99. The standard InChI is InChI=1S/C12H15N3OS/c1-10-2-4-14-12(15-10)17-7-5-13-8-11-3-6-16-9-11/h2-4,6,9,13H,5,7-8H2,1H3. The maximum atomic E-state index is 4.99. The highest BCUT2D eigenvalue weighted by molar-refractivity contribution is 7.99. The highest BCUT2D eigenvalue weighted by atomic mass is 32.2. The van der Waals surface area contributed by atoms with Gasteiger partial charge < -0.3 is 9.73 Å². The van der Waals surface area contributed by atoms with Crippen molar-refractivity contribution >= 4 is 11.8 Å². The van der Waals surface area contributed by atoms with Crippen molar-refractivity contribution in [2.75, 3.05) is 12.3 Å². The lowest BCUT2D eigenvalue weighted by Crippen LogP contribution is -2.16. The van der Waals surface area contributed by atoms with Gasteiger partial charge in [-0.1, -0.05) is 11.8 Å². The first-order valence-electron chi connectivity index (χ1n) is 5.49. The van der Waals surface area contributed by atoms with Gasteiger partial charge >= 0.3 is 0 Å². The lowest BCUT2D eigenvalue weighted by atomic mass is 10.3. The summed E-state index contributed by atoms with van der Waals surface area (Å²) in [7, 11) is 0. The quantitative estimate of drug-likeness (QED) is 0.483. The lowest BCUT2D eigenvalue weighted by molar-refractivity contribution is 0.561. The molecule has 0 saturated carbocycles. The summed E-state index contributed by atoms with van der Waals surface area (Å²) in [6.07, 6.45) is 5.24. The molecule has 0 bridgehead atoms. The molecule has 5 heteroatoms. The zero-order chi connectivity index (χ0) is 11.9. The van der Waals surface area contributed by atoms with Gasteiger partial charge in [0.05, 0.1) is 12.5 Å². The molecule has 1 N–H and O–H groups in total. The van der Waals surface area contributed by atoms with Gasteiger partial charge in [-0.15, -0.1) is 0 Å². The molecule has 90 valence electrons. The maximum absolute atomic E-state index is 4.99. The van der Waals surface area contributed by atoms with Gasteiger partial charge in [0.25, 0.3) is 0 Å². The Bertz CT molecular complexity index is 445. The molecule has 0 aliphatic heterocycles. The number of furan rings is 1. The molecule has 2 aromatic rings. The zero-order valence-electron chi connectivity index (χ0n) is 9.72. The van der Waals surface area contributed by atoms with E-state index >= 15 is 0 Å². The van der Waals surface area contributed by atoms with E-state index in [-0.39, 0.29) is 0 Å². The fourth-order valence-corrected chi connectivity index (χ4v) is 2.11. The molecule has 0 aliphatic carbocycles. The second kappa shape index (κ2) is 6.42. The number of hydrogen-bond acceptors (Lipinski definition) is 5. The molecule has 2 rings (SSSR count). The van der Waals surface area contributed by atoms with E-state index in [4.69, 9.17) is 4.42 Å². The fourth-order valence-electron chi connectivity index (χ4n) is 1.34. The van der Waals surface area contributed by atoms with Gasteiger partial charge in [-0.25, -0.2) is 9.97 Å². The SMILES string of the molecule is Cc1ccnc(SCCNCc2ccoc2)n1. The van der Waals surface area contributed by atoms with Crippen molar-refractivity contribution in [1.29, 1.82) is 0 Å². The van der Waals surface area contributed by atoms with Gasteiger partial charge in [0.2, 0.25) is 0 Å². The molecule has 0 saturated heterocycles. The number of rotatable bonds is 6. The van der Waals surface area contributed by atoms with Crippen LogP contribution in [-0.4, -0.2) is 22.3 Å². The van der Waals surface area contributed by atoms with E-state index in [1.807, 2.05) is 19.1 Å². The first kappa shape index (κ1) is 12.1. The highest BCUT2D eigenvalue weighted by Crippen LogP contribution is 2.11. The Labute approximate surface area is 105 Å². The lowest BCUT2D eigenvalue weighted by Gasteiger charge is -2.02. The molecule has 4 nitrogen and oxygen atoms in total. The third-order valence-corrected chi connectivity index (χ3v) is 3.06. The van der Waals surface area contributed by atoms with Gasteiger partial charge in [0, 0.05) is 36.3 Å². The third kappa shape index (κ3) is 4.20. The van der Waals surface area contributed by atoms with Crippen molar-refractivity contribution in [1.82, 2.24) is 15.3 Å². The summed E-state index contributed by atoms with van der Waals surface area (Å²) >= 11 is 1.66. The van der Waals surface area contributed by atoms with Gasteiger partial charge in [-0.2, -0.15) is 0 Å². The number of nitrogens with one attached hydrogen (secondary N) is 1. The molecular weight excluding hydrogens is 234 g/mol. The minimum absolute atomic E-state index is 0.839. The van der Waals surface area contributed by atoms with Crippen LogP contribution in [0.5, 0.6) is 0 Å². The van der Waals surface area contributed by atoms with Gasteiger partial charge in [0.1, 0.15) is 0 Å². The maximum Gasteiger partial charge on any atom is 0.187 e. The molecule has 0 spiro atoms. The van der Waals surface area contributed by atoms with Gasteiger partial charge in [-0.05, 0) is 19.1 Å². The van der Waals surface area contributed by atoms with Crippen molar-refractivity contribution in [2.45, 2.75) is 18.6 Å². The van der Waals surface area contributed by atoms with E-state index in [2.05, 4.69) is 15.3 Å². The van der Waals surface area contributed by atoms with Gasteiger partial charge in [0.15, 0.2) is 5.16 Å². The van der Waals surface area contributed by atoms with E-state index in [0.717, 1.165) is 29.7 Å². The number of aromatic nitrogens is 2. The summed E-state index contributed by atoms with van der Waals surface area (Å²) in [5.74, 6) is 0.960. The fraction of sp³-hybridized carbons (Fsp3) is 0.333. The van der Waals surface area contributed by atoms with Crippen LogP contribution in [0.15, 0.2) is 40.4 Å². The largest absolute Gasteiger partial charge is 0.472 e. The van der Waals surface area contributed by atoms with Crippen LogP contribution in [0.1, 0.15) is 11.3 Å². The van der Waals surface area contributed by atoms with Crippen molar-refractivity contribution < 1.29 is 4.42 Å². The van der Waals surface area contributed by atoms with Crippen LogP contribution in [0.25, 0.3) is 0 Å². The van der Waals surface area contributed by atoms with E-state index in [1.165, 1.54) is 5.56 Å². The van der Waals surface area contributed by atoms with Crippen molar-refractivity contribution in [3.63, 3.8) is 0 Å². The Morgan fingerprint density at radius 2 is 2.35 bits per heavy atom. The number of thioether (sulfide) groups is 1. The Morgan fingerprint density at radius 3 is 3.12 bits per heavy atom. The highest BCUT2D eigenvalue weighted by Gasteiger charge is 1.98. The Kier molecular flexibility index (Phi) is 4.58. The Balaban J connectivity index is 1.63. The van der Waals surface area contributed by atoms with Crippen LogP contribution in [0.3, 0.4) is 0 Å². The van der Waals surface area contributed by atoms with Crippen LogP contribution >= 0.6 is 11.8 Å². The molecule has 0 unspecified atom stereocenters. The molecule has 0 amide bonds. The predicted octanol–water partition coefficient (Wildman–Crippen LogP) is 2.26. The smallest absolute Gasteiger partial charge is 0.187 e. The molecule has 2 aromatic heterocycles. The molecule has 0 radical (unpaired) electrons. The topological polar surface area (TPSA) is 51.0 Å². The van der Waals surface area contributed by atoms with Crippen LogP contribution in [0.2, 0.25) is 0 Å². The third-order valence-electron chi connectivity index (χ3n) is 2.19. The number of hydrogen-bond donors (Lipinski definition) is 1. The monoisotopic (exact) mass is 249 g/mol. The van der Waals surface area contributed by atoms with Crippen molar-refractivity contribution in [3.05, 3.63) is 42.1 Å². The van der Waals surface area contributed by atoms with Crippen LogP contribution < -0.4 is 5.32 Å². The molecule has 0 atom stereocenters. The van der Waals surface area contributed by atoms with Gasteiger partial charge in [-0.3, -0.25) is 0 Å². The zero-order valence-corrected chi connectivity index (χ0v) is 10.5. The second-order valence-corrected chi connectivity index (χ2v) is 4.70. The summed E-state index contributed by atoms with van der Waals surface area (Å²) in [5, 5.41) is 4.18. The first-order valence-corrected chi connectivity index (χ1v) is 6.47. The summed E-state index contributed by atoms with van der Waals surface area (Å²) in [4.78, 5) is 8.53. The number of aryl methyl sites for hydroxylation is 1. The second-order valence-electron chi connectivity index (χ2n) is 3.64. The van der Waals surface area contributed by atoms with E-state index in [0.29, 0.717) is 0 Å². The van der Waals surface area contributed by atoms with E-state index in [9.17, 15) is 0 Å². The van der Waals surface area contributed by atoms with Crippen LogP contribution in [-0.2, 0) is 6.54 Å². The molecule has 0 aromatic carbocycles. The Hall–Kier alpha value is -1.33. The average Bonchev–Trinajstić information content (AvgIpc) is 2.82. The number of nitrogens with zero attached hydrogens (tertiary/aromatic N) is 2. The summed E-state index contributed by atoms with van der Waals surface area (Å²) in [6.45, 7) is 3.74. The normalized spacial score (nSPS) is 10.6. The predicted molar refractivity (Wildman–Crippen MR) is 67.9 cm³/mol. The molecule has 0 fully saturated rings. The van der Waals surface area contributed by atoms with Crippen molar-refractivity contribution in [2.24, 2.45) is 0 Å². The minimum atomic E-state index is 0.839. The minimum Gasteiger partial charge on any atom is -0.472 e. The van der Waals surface area contributed by atoms with E-state index < -0.39 is 0 Å². The van der Waals surface area contributed by atoms with E-state index in [1.54, 1.807) is 30.5 Å².